The third-order valence-electron chi connectivity index (χ3n) is 2.19. The van der Waals surface area contributed by atoms with Gasteiger partial charge in [-0.05, 0) is 12.5 Å². The zero-order chi connectivity index (χ0) is 9.56. The Hall–Kier alpha value is -0.570. The zero-order valence-electron chi connectivity index (χ0n) is 8.13. The Kier molecular flexibility index (Phi) is 5.72. The van der Waals surface area contributed by atoms with Crippen molar-refractivity contribution in [1.82, 2.24) is 5.32 Å². The van der Waals surface area contributed by atoms with Crippen molar-refractivity contribution < 1.29 is 9.90 Å². The molecule has 2 atom stereocenters. The first-order chi connectivity index (χ1) is 5.61. The second-order valence-electron chi connectivity index (χ2n) is 3.15. The lowest BCUT2D eigenvalue weighted by Crippen LogP contribution is -2.36. The molecule has 0 spiro atoms. The van der Waals surface area contributed by atoms with Crippen molar-refractivity contribution >= 4 is 5.97 Å². The van der Waals surface area contributed by atoms with Crippen LogP contribution in [0.5, 0.6) is 0 Å². The lowest BCUT2D eigenvalue weighted by molar-refractivity contribution is -0.137. The summed E-state index contributed by atoms with van der Waals surface area (Å²) in [6.07, 6.45) is 1.24. The predicted molar refractivity (Wildman–Crippen MR) is 49.2 cm³/mol. The maximum atomic E-state index is 10.5. The highest BCUT2D eigenvalue weighted by molar-refractivity contribution is 5.67. The van der Waals surface area contributed by atoms with Gasteiger partial charge in [-0.15, -0.1) is 0 Å². The number of hydrogen-bond donors (Lipinski definition) is 2. The summed E-state index contributed by atoms with van der Waals surface area (Å²) in [5, 5.41) is 11.8. The molecule has 0 fully saturated rings. The number of carbonyl (C=O) groups is 1. The maximum absolute atomic E-state index is 10.5. The van der Waals surface area contributed by atoms with Crippen molar-refractivity contribution in [3.8, 4) is 0 Å². The van der Waals surface area contributed by atoms with Crippen molar-refractivity contribution in [2.24, 2.45) is 5.92 Å². The molecule has 0 rings (SSSR count). The molecule has 0 aliphatic heterocycles. The average molecular weight is 173 g/mol. The second-order valence-corrected chi connectivity index (χ2v) is 3.15. The van der Waals surface area contributed by atoms with Gasteiger partial charge in [0, 0.05) is 6.04 Å². The number of hydrogen-bond acceptors (Lipinski definition) is 2. The summed E-state index contributed by atoms with van der Waals surface area (Å²) >= 11 is 0. The number of aliphatic carboxylic acids is 1. The van der Waals surface area contributed by atoms with E-state index in [1.165, 1.54) is 0 Å². The molecule has 0 aliphatic rings. The molecule has 3 heteroatoms. The van der Waals surface area contributed by atoms with Gasteiger partial charge in [-0.1, -0.05) is 27.2 Å². The minimum Gasteiger partial charge on any atom is -0.481 e. The minimum absolute atomic E-state index is 0.123. The fourth-order valence-corrected chi connectivity index (χ4v) is 1.21. The molecule has 0 amide bonds. The van der Waals surface area contributed by atoms with Crippen LogP contribution in [0.25, 0.3) is 0 Å². The summed E-state index contributed by atoms with van der Waals surface area (Å²) in [6, 6.07) is 0.123. The highest BCUT2D eigenvalue weighted by Crippen LogP contribution is 2.10. The van der Waals surface area contributed by atoms with Gasteiger partial charge in [0.25, 0.3) is 0 Å². The van der Waals surface area contributed by atoms with E-state index in [1.54, 1.807) is 0 Å². The molecular weight excluding hydrogens is 154 g/mol. The molecule has 0 aromatic rings. The van der Waals surface area contributed by atoms with Crippen LogP contribution in [-0.4, -0.2) is 23.7 Å². The van der Waals surface area contributed by atoms with Crippen LogP contribution in [0.15, 0.2) is 0 Å². The van der Waals surface area contributed by atoms with Gasteiger partial charge in [-0.3, -0.25) is 4.79 Å². The molecule has 0 bridgehead atoms. The van der Waals surface area contributed by atoms with E-state index in [1.807, 2.05) is 6.92 Å². The average Bonchev–Trinajstić information content (AvgIpc) is 2.01. The van der Waals surface area contributed by atoms with E-state index < -0.39 is 5.97 Å². The number of nitrogens with one attached hydrogen (secondary N) is 1. The summed E-state index contributed by atoms with van der Waals surface area (Å²) in [5.41, 5.74) is 0. The number of carboxylic acids is 1. The quantitative estimate of drug-likeness (QED) is 0.639. The molecule has 0 aromatic heterocycles. The largest absolute Gasteiger partial charge is 0.481 e. The van der Waals surface area contributed by atoms with Crippen molar-refractivity contribution in [1.29, 1.82) is 0 Å². The Labute approximate surface area is 74.2 Å². The van der Waals surface area contributed by atoms with Crippen LogP contribution in [0, 0.1) is 5.92 Å². The summed E-state index contributed by atoms with van der Waals surface area (Å²) in [4.78, 5) is 10.5. The lowest BCUT2D eigenvalue weighted by Gasteiger charge is -2.21. The van der Waals surface area contributed by atoms with Crippen LogP contribution < -0.4 is 5.32 Å². The molecule has 2 N–H and O–H groups in total. The minimum atomic E-state index is -0.721. The normalized spacial score (nSPS) is 15.6. The van der Waals surface area contributed by atoms with Crippen LogP contribution in [0.1, 0.15) is 33.6 Å². The van der Waals surface area contributed by atoms with Crippen LogP contribution in [0.3, 0.4) is 0 Å². The molecule has 0 saturated carbocycles. The van der Waals surface area contributed by atoms with E-state index in [4.69, 9.17) is 5.11 Å². The molecule has 0 heterocycles. The first kappa shape index (κ1) is 11.4. The number of carboxylic acid groups (broad SMARTS) is 1. The zero-order valence-corrected chi connectivity index (χ0v) is 8.13. The van der Waals surface area contributed by atoms with E-state index in [0.717, 1.165) is 13.0 Å². The molecule has 0 aliphatic carbocycles. The van der Waals surface area contributed by atoms with Crippen LogP contribution in [0.4, 0.5) is 0 Å². The SMILES string of the molecule is CCNC(CC(=O)O)C(C)CC. The topological polar surface area (TPSA) is 49.3 Å². The lowest BCUT2D eigenvalue weighted by atomic mass is 9.96. The first-order valence-corrected chi connectivity index (χ1v) is 4.56. The molecule has 12 heavy (non-hydrogen) atoms. The third kappa shape index (κ3) is 4.34. The van der Waals surface area contributed by atoms with Crippen LogP contribution in [-0.2, 0) is 4.79 Å². The van der Waals surface area contributed by atoms with Crippen LogP contribution >= 0.6 is 0 Å². The van der Waals surface area contributed by atoms with Crippen molar-refractivity contribution in [3.63, 3.8) is 0 Å². The molecular formula is C9H19NO2. The van der Waals surface area contributed by atoms with Gasteiger partial charge >= 0.3 is 5.97 Å². The van der Waals surface area contributed by atoms with Crippen molar-refractivity contribution in [2.45, 2.75) is 39.7 Å². The third-order valence-corrected chi connectivity index (χ3v) is 2.19. The standard InChI is InChI=1S/C9H19NO2/c1-4-7(3)8(10-5-2)6-9(11)12/h7-8,10H,4-6H2,1-3H3,(H,11,12). The van der Waals surface area contributed by atoms with Crippen LogP contribution in [0.2, 0.25) is 0 Å². The van der Waals surface area contributed by atoms with Crippen molar-refractivity contribution in [3.05, 3.63) is 0 Å². The molecule has 72 valence electrons. The fourth-order valence-electron chi connectivity index (χ4n) is 1.21. The fraction of sp³-hybridized carbons (Fsp3) is 0.889. The van der Waals surface area contributed by atoms with Gasteiger partial charge in [0.1, 0.15) is 0 Å². The summed E-state index contributed by atoms with van der Waals surface area (Å²) < 4.78 is 0. The summed E-state index contributed by atoms with van der Waals surface area (Å²) in [6.45, 7) is 6.99. The van der Waals surface area contributed by atoms with E-state index in [9.17, 15) is 4.79 Å². The Bertz CT molecular complexity index is 136. The van der Waals surface area contributed by atoms with Gasteiger partial charge in [0.15, 0.2) is 0 Å². The summed E-state index contributed by atoms with van der Waals surface area (Å²) in [5.74, 6) is -0.290. The number of rotatable bonds is 6. The Morgan fingerprint density at radius 3 is 2.42 bits per heavy atom. The highest BCUT2D eigenvalue weighted by Gasteiger charge is 2.17. The van der Waals surface area contributed by atoms with E-state index >= 15 is 0 Å². The molecule has 0 radical (unpaired) electrons. The predicted octanol–water partition coefficient (Wildman–Crippen LogP) is 1.49. The van der Waals surface area contributed by atoms with E-state index in [2.05, 4.69) is 19.2 Å². The van der Waals surface area contributed by atoms with E-state index in [-0.39, 0.29) is 12.5 Å². The Morgan fingerprint density at radius 1 is 1.50 bits per heavy atom. The van der Waals surface area contributed by atoms with E-state index in [0.29, 0.717) is 5.92 Å². The molecule has 0 aromatic carbocycles. The van der Waals surface area contributed by atoms with Gasteiger partial charge in [-0.25, -0.2) is 0 Å². The van der Waals surface area contributed by atoms with Gasteiger partial charge in [-0.2, -0.15) is 0 Å². The second kappa shape index (κ2) is 6.00. The molecule has 2 unspecified atom stereocenters. The maximum Gasteiger partial charge on any atom is 0.304 e. The van der Waals surface area contributed by atoms with Gasteiger partial charge < -0.3 is 10.4 Å². The van der Waals surface area contributed by atoms with Crippen molar-refractivity contribution in [2.75, 3.05) is 6.54 Å². The Balaban J connectivity index is 3.93. The summed E-state index contributed by atoms with van der Waals surface area (Å²) in [7, 11) is 0. The first-order valence-electron chi connectivity index (χ1n) is 4.56. The Morgan fingerprint density at radius 2 is 2.08 bits per heavy atom. The smallest absolute Gasteiger partial charge is 0.304 e. The molecule has 3 nitrogen and oxygen atoms in total. The molecule has 0 saturated heterocycles. The monoisotopic (exact) mass is 173 g/mol. The highest BCUT2D eigenvalue weighted by atomic mass is 16.4. The van der Waals surface area contributed by atoms with Gasteiger partial charge in [0.05, 0.1) is 6.42 Å². The van der Waals surface area contributed by atoms with Gasteiger partial charge in [0.2, 0.25) is 0 Å².